The smallest absolute Gasteiger partial charge is 0.326 e. The van der Waals surface area contributed by atoms with Gasteiger partial charge in [0.1, 0.15) is 6.04 Å². The van der Waals surface area contributed by atoms with Gasteiger partial charge in [0.2, 0.25) is 0 Å². The standard InChI is InChI=1S/C11H12BrN3O5/c1-2-8(10(16)17)13-11(18)14-9-4-3-6(15(19)20)5-7(9)12/h3-5,8H,2H2,1H3,(H,16,17)(H2,13,14,18)/t8-/m0/s1. The molecular weight excluding hydrogens is 334 g/mol. The van der Waals surface area contributed by atoms with E-state index >= 15 is 0 Å². The molecule has 9 heteroatoms. The third-order valence-corrected chi connectivity index (χ3v) is 3.08. The van der Waals surface area contributed by atoms with Crippen molar-refractivity contribution >= 4 is 39.3 Å². The van der Waals surface area contributed by atoms with Gasteiger partial charge in [-0.2, -0.15) is 0 Å². The van der Waals surface area contributed by atoms with Gasteiger partial charge in [0.25, 0.3) is 5.69 Å². The minimum absolute atomic E-state index is 0.125. The maximum atomic E-state index is 11.6. The van der Waals surface area contributed by atoms with E-state index in [9.17, 15) is 19.7 Å². The number of nitro benzene ring substituents is 1. The summed E-state index contributed by atoms with van der Waals surface area (Å²) >= 11 is 3.09. The summed E-state index contributed by atoms with van der Waals surface area (Å²) in [6.45, 7) is 1.63. The first-order valence-corrected chi connectivity index (χ1v) is 6.38. The van der Waals surface area contributed by atoms with Crippen molar-refractivity contribution in [2.24, 2.45) is 0 Å². The van der Waals surface area contributed by atoms with E-state index < -0.39 is 23.0 Å². The van der Waals surface area contributed by atoms with Gasteiger partial charge in [0, 0.05) is 16.6 Å². The monoisotopic (exact) mass is 345 g/mol. The van der Waals surface area contributed by atoms with Crippen molar-refractivity contribution in [1.82, 2.24) is 5.32 Å². The molecule has 0 aliphatic carbocycles. The number of nitrogens with zero attached hydrogens (tertiary/aromatic N) is 1. The molecule has 0 bridgehead atoms. The van der Waals surface area contributed by atoms with Crippen LogP contribution >= 0.6 is 15.9 Å². The average molecular weight is 346 g/mol. The number of carbonyl (C=O) groups is 2. The Morgan fingerprint density at radius 1 is 1.50 bits per heavy atom. The van der Waals surface area contributed by atoms with Gasteiger partial charge >= 0.3 is 12.0 Å². The van der Waals surface area contributed by atoms with Crippen LogP contribution in [0.5, 0.6) is 0 Å². The van der Waals surface area contributed by atoms with Crippen molar-refractivity contribution in [2.75, 3.05) is 5.32 Å². The zero-order chi connectivity index (χ0) is 15.3. The van der Waals surface area contributed by atoms with Crippen molar-refractivity contribution in [2.45, 2.75) is 19.4 Å². The molecule has 0 heterocycles. The third kappa shape index (κ3) is 4.19. The number of benzene rings is 1. The minimum atomic E-state index is -1.13. The molecule has 1 atom stereocenters. The number of carboxylic acids is 1. The first kappa shape index (κ1) is 15.9. The van der Waals surface area contributed by atoms with Crippen LogP contribution in [0.25, 0.3) is 0 Å². The molecular formula is C11H12BrN3O5. The van der Waals surface area contributed by atoms with Crippen molar-refractivity contribution in [1.29, 1.82) is 0 Å². The number of hydrogen-bond donors (Lipinski definition) is 3. The molecule has 0 aliphatic rings. The first-order chi connectivity index (χ1) is 9.35. The molecule has 0 fully saturated rings. The highest BCUT2D eigenvalue weighted by atomic mass is 79.9. The van der Waals surface area contributed by atoms with Gasteiger partial charge < -0.3 is 15.7 Å². The predicted molar refractivity (Wildman–Crippen MR) is 74.7 cm³/mol. The van der Waals surface area contributed by atoms with Gasteiger partial charge in [-0.3, -0.25) is 10.1 Å². The molecule has 1 rings (SSSR count). The van der Waals surface area contributed by atoms with Crippen LogP contribution in [-0.2, 0) is 4.79 Å². The lowest BCUT2D eigenvalue weighted by Gasteiger charge is -2.13. The molecule has 2 amide bonds. The number of amides is 2. The van der Waals surface area contributed by atoms with Crippen LogP contribution < -0.4 is 10.6 Å². The number of urea groups is 1. The molecule has 0 saturated heterocycles. The summed E-state index contributed by atoms with van der Waals surface area (Å²) in [6, 6.07) is 2.13. The number of nitrogens with one attached hydrogen (secondary N) is 2. The molecule has 0 unspecified atom stereocenters. The van der Waals surface area contributed by atoms with E-state index in [1.807, 2.05) is 0 Å². The maximum absolute atomic E-state index is 11.6. The van der Waals surface area contributed by atoms with Crippen LogP contribution in [0.2, 0.25) is 0 Å². The largest absolute Gasteiger partial charge is 0.480 e. The molecule has 0 radical (unpaired) electrons. The normalized spacial score (nSPS) is 11.5. The Hall–Kier alpha value is -2.16. The SMILES string of the molecule is CC[C@H](NC(=O)Nc1ccc([N+](=O)[O-])cc1Br)C(=O)O. The Balaban J connectivity index is 2.76. The quantitative estimate of drug-likeness (QED) is 0.558. The van der Waals surface area contributed by atoms with Crippen LogP contribution in [0.3, 0.4) is 0 Å². The van der Waals surface area contributed by atoms with Crippen LogP contribution in [0.15, 0.2) is 22.7 Å². The Morgan fingerprint density at radius 2 is 2.15 bits per heavy atom. The number of carbonyl (C=O) groups excluding carboxylic acids is 1. The topological polar surface area (TPSA) is 122 Å². The molecule has 3 N–H and O–H groups in total. The molecule has 8 nitrogen and oxygen atoms in total. The summed E-state index contributed by atoms with van der Waals surface area (Å²) in [7, 11) is 0. The van der Waals surface area contributed by atoms with Gasteiger partial charge in [0.15, 0.2) is 0 Å². The van der Waals surface area contributed by atoms with E-state index in [4.69, 9.17) is 5.11 Å². The Kier molecular flexibility index (Phi) is 5.44. The maximum Gasteiger partial charge on any atom is 0.326 e. The van der Waals surface area contributed by atoms with Crippen molar-refractivity contribution in [3.8, 4) is 0 Å². The minimum Gasteiger partial charge on any atom is -0.480 e. The number of non-ortho nitro benzene ring substituents is 1. The Bertz CT molecular complexity index is 549. The molecule has 20 heavy (non-hydrogen) atoms. The molecule has 0 aliphatic heterocycles. The summed E-state index contributed by atoms with van der Waals surface area (Å²) in [4.78, 5) is 32.4. The molecule has 1 aromatic rings. The van der Waals surface area contributed by atoms with Crippen LogP contribution in [-0.4, -0.2) is 28.1 Å². The molecule has 0 saturated carbocycles. The Morgan fingerprint density at radius 3 is 2.60 bits per heavy atom. The summed E-state index contributed by atoms with van der Waals surface area (Å²) in [6.07, 6.45) is 0.240. The van der Waals surface area contributed by atoms with E-state index in [0.29, 0.717) is 10.2 Å². The lowest BCUT2D eigenvalue weighted by molar-refractivity contribution is -0.384. The molecule has 1 aromatic carbocycles. The average Bonchev–Trinajstić information content (AvgIpc) is 2.37. The highest BCUT2D eigenvalue weighted by Crippen LogP contribution is 2.26. The first-order valence-electron chi connectivity index (χ1n) is 5.59. The van der Waals surface area contributed by atoms with Crippen LogP contribution in [0, 0.1) is 10.1 Å². The van der Waals surface area contributed by atoms with Crippen molar-refractivity contribution in [3.05, 3.63) is 32.8 Å². The number of aliphatic carboxylic acids is 1. The molecule has 0 aromatic heterocycles. The number of nitro groups is 1. The van der Waals surface area contributed by atoms with Crippen LogP contribution in [0.1, 0.15) is 13.3 Å². The summed E-state index contributed by atoms with van der Waals surface area (Å²) in [5.74, 6) is -1.13. The number of carboxylic acid groups (broad SMARTS) is 1. The van der Waals surface area contributed by atoms with Gasteiger partial charge in [0.05, 0.1) is 10.6 Å². The number of anilines is 1. The second kappa shape index (κ2) is 6.85. The molecule has 0 spiro atoms. The van der Waals surface area contributed by atoms with Crippen LogP contribution in [0.4, 0.5) is 16.2 Å². The number of hydrogen-bond acceptors (Lipinski definition) is 4. The highest BCUT2D eigenvalue weighted by molar-refractivity contribution is 9.10. The summed E-state index contributed by atoms with van der Waals surface area (Å²) in [5, 5.41) is 24.1. The van der Waals surface area contributed by atoms with Crippen molar-refractivity contribution in [3.63, 3.8) is 0 Å². The van der Waals surface area contributed by atoms with E-state index in [-0.39, 0.29) is 12.1 Å². The Labute approximate surface area is 122 Å². The summed E-state index contributed by atoms with van der Waals surface area (Å²) < 4.78 is 0.324. The fraction of sp³-hybridized carbons (Fsp3) is 0.273. The van der Waals surface area contributed by atoms with E-state index in [1.54, 1.807) is 6.92 Å². The third-order valence-electron chi connectivity index (χ3n) is 2.42. The summed E-state index contributed by atoms with van der Waals surface area (Å²) in [5.41, 5.74) is 0.174. The van der Waals surface area contributed by atoms with Gasteiger partial charge in [-0.25, -0.2) is 9.59 Å². The fourth-order valence-corrected chi connectivity index (χ4v) is 1.84. The fourth-order valence-electron chi connectivity index (χ4n) is 1.37. The number of halogens is 1. The van der Waals surface area contributed by atoms with Gasteiger partial charge in [-0.1, -0.05) is 6.92 Å². The predicted octanol–water partition coefficient (Wildman–Crippen LogP) is 2.34. The number of rotatable bonds is 5. The van der Waals surface area contributed by atoms with E-state index in [1.165, 1.54) is 18.2 Å². The van der Waals surface area contributed by atoms with Gasteiger partial charge in [-0.15, -0.1) is 0 Å². The van der Waals surface area contributed by atoms with E-state index in [0.717, 1.165) is 0 Å². The lowest BCUT2D eigenvalue weighted by atomic mass is 10.2. The zero-order valence-electron chi connectivity index (χ0n) is 10.4. The van der Waals surface area contributed by atoms with E-state index in [2.05, 4.69) is 26.6 Å². The lowest BCUT2D eigenvalue weighted by Crippen LogP contribution is -2.42. The van der Waals surface area contributed by atoms with Crippen molar-refractivity contribution < 1.29 is 19.6 Å². The zero-order valence-corrected chi connectivity index (χ0v) is 12.0. The second-order valence-electron chi connectivity index (χ2n) is 3.82. The second-order valence-corrected chi connectivity index (χ2v) is 4.67. The highest BCUT2D eigenvalue weighted by Gasteiger charge is 2.18. The molecule has 108 valence electrons. The van der Waals surface area contributed by atoms with Gasteiger partial charge in [-0.05, 0) is 28.4 Å².